The molecule has 4 aromatic carbocycles. The van der Waals surface area contributed by atoms with Crippen LogP contribution in [-0.4, -0.2) is 19.6 Å². The Labute approximate surface area is 218 Å². The molecule has 4 heteroatoms. The van der Waals surface area contributed by atoms with E-state index in [1.165, 1.54) is 23.8 Å². The van der Waals surface area contributed by atoms with Gasteiger partial charge in [-0.15, -0.1) is 0 Å². The Kier molecular flexibility index (Phi) is 7.38. The van der Waals surface area contributed by atoms with E-state index in [1.54, 1.807) is 6.07 Å². The molecule has 0 radical (unpaired) electrons. The van der Waals surface area contributed by atoms with E-state index in [4.69, 9.17) is 4.74 Å². The Bertz CT molecular complexity index is 1430. The Morgan fingerprint density at radius 3 is 2.59 bits per heavy atom. The van der Waals surface area contributed by atoms with Crippen LogP contribution in [0.15, 0.2) is 78.9 Å². The first-order chi connectivity index (χ1) is 18.0. The molecule has 0 bridgehead atoms. The molecule has 3 nitrogen and oxygen atoms in total. The van der Waals surface area contributed by atoms with Crippen LogP contribution in [0, 0.1) is 18.7 Å². The van der Waals surface area contributed by atoms with Gasteiger partial charge in [0.05, 0.1) is 12.7 Å². The molecular formula is C33H34FNO2. The number of ether oxygens (including phenoxy) is 1. The fourth-order valence-electron chi connectivity index (χ4n) is 5.91. The molecule has 0 spiro atoms. The fourth-order valence-corrected chi connectivity index (χ4v) is 5.91. The van der Waals surface area contributed by atoms with Gasteiger partial charge in [0.15, 0.2) is 0 Å². The van der Waals surface area contributed by atoms with E-state index >= 15 is 0 Å². The van der Waals surface area contributed by atoms with Crippen molar-refractivity contribution in [3.63, 3.8) is 0 Å². The van der Waals surface area contributed by atoms with Crippen molar-refractivity contribution in [2.45, 2.75) is 45.1 Å². The second kappa shape index (κ2) is 10.9. The molecule has 0 saturated carbocycles. The van der Waals surface area contributed by atoms with Crippen molar-refractivity contribution in [3.8, 4) is 0 Å². The second-order valence-corrected chi connectivity index (χ2v) is 10.3. The van der Waals surface area contributed by atoms with Gasteiger partial charge in [0.2, 0.25) is 0 Å². The zero-order valence-corrected chi connectivity index (χ0v) is 21.8. The number of hydrogen-bond acceptors (Lipinski definition) is 3. The maximum atomic E-state index is 14.3. The van der Waals surface area contributed by atoms with Gasteiger partial charge in [-0.1, -0.05) is 66.7 Å². The minimum Gasteiger partial charge on any atom is -0.465 e. The summed E-state index contributed by atoms with van der Waals surface area (Å²) in [5.41, 5.74) is 6.62. The van der Waals surface area contributed by atoms with Crippen molar-refractivity contribution in [1.29, 1.82) is 0 Å². The molecule has 0 heterocycles. The summed E-state index contributed by atoms with van der Waals surface area (Å²) < 4.78 is 19.3. The predicted octanol–water partition coefficient (Wildman–Crippen LogP) is 7.51. The first-order valence-corrected chi connectivity index (χ1v) is 13.1. The van der Waals surface area contributed by atoms with Crippen LogP contribution in [0.2, 0.25) is 0 Å². The molecule has 2 unspecified atom stereocenters. The number of carbonyl (C=O) groups is 1. The molecule has 5 rings (SSSR count). The number of benzene rings is 4. The number of esters is 1. The number of nitrogens with one attached hydrogen (secondary N) is 1. The van der Waals surface area contributed by atoms with Gasteiger partial charge in [0, 0.05) is 17.3 Å². The van der Waals surface area contributed by atoms with Crippen LogP contribution in [0.5, 0.6) is 0 Å². The molecule has 0 saturated heterocycles. The minimum absolute atomic E-state index is 0.122. The molecule has 1 aliphatic rings. The van der Waals surface area contributed by atoms with Crippen LogP contribution < -0.4 is 5.32 Å². The highest BCUT2D eigenvalue weighted by Gasteiger charge is 2.28. The summed E-state index contributed by atoms with van der Waals surface area (Å²) in [5.74, 6) is 0.307. The average molecular weight is 496 g/mol. The van der Waals surface area contributed by atoms with E-state index in [2.05, 4.69) is 42.6 Å². The smallest absolute Gasteiger partial charge is 0.338 e. The minimum atomic E-state index is -0.286. The Morgan fingerprint density at radius 1 is 1.03 bits per heavy atom. The monoisotopic (exact) mass is 495 g/mol. The maximum Gasteiger partial charge on any atom is 0.338 e. The Hall–Kier alpha value is -3.50. The lowest BCUT2D eigenvalue weighted by Crippen LogP contribution is -2.26. The van der Waals surface area contributed by atoms with Crippen molar-refractivity contribution in [2.75, 3.05) is 13.7 Å². The van der Waals surface area contributed by atoms with Gasteiger partial charge in [0.1, 0.15) is 5.82 Å². The number of hydrogen-bond donors (Lipinski definition) is 1. The van der Waals surface area contributed by atoms with Gasteiger partial charge in [-0.3, -0.25) is 0 Å². The van der Waals surface area contributed by atoms with Gasteiger partial charge in [-0.25, -0.2) is 9.18 Å². The van der Waals surface area contributed by atoms with E-state index in [0.717, 1.165) is 42.3 Å². The van der Waals surface area contributed by atoms with E-state index in [-0.39, 0.29) is 23.7 Å². The summed E-state index contributed by atoms with van der Waals surface area (Å²) in [7, 11) is 1.43. The van der Waals surface area contributed by atoms with Gasteiger partial charge in [0.25, 0.3) is 0 Å². The van der Waals surface area contributed by atoms with Crippen molar-refractivity contribution in [2.24, 2.45) is 5.92 Å². The highest BCUT2D eigenvalue weighted by atomic mass is 19.1. The quantitative estimate of drug-likeness (QED) is 0.270. The maximum absolute atomic E-state index is 14.3. The summed E-state index contributed by atoms with van der Waals surface area (Å²) in [4.78, 5) is 12.4. The highest BCUT2D eigenvalue weighted by Crippen LogP contribution is 2.41. The third-order valence-corrected chi connectivity index (χ3v) is 7.95. The molecule has 37 heavy (non-hydrogen) atoms. The number of rotatable bonds is 7. The number of aryl methyl sites for hydroxylation is 1. The largest absolute Gasteiger partial charge is 0.465 e. The summed E-state index contributed by atoms with van der Waals surface area (Å²) in [6.07, 6.45) is 3.14. The van der Waals surface area contributed by atoms with Crippen LogP contribution in [0.1, 0.15) is 69.9 Å². The molecule has 4 aromatic rings. The number of halogens is 1. The Morgan fingerprint density at radius 2 is 1.78 bits per heavy atom. The fraction of sp³-hybridized carbons (Fsp3) is 0.303. The van der Waals surface area contributed by atoms with Crippen molar-refractivity contribution >= 4 is 16.7 Å². The molecule has 0 aliphatic heterocycles. The molecule has 1 aliphatic carbocycles. The van der Waals surface area contributed by atoms with Crippen molar-refractivity contribution < 1.29 is 13.9 Å². The first-order valence-electron chi connectivity index (χ1n) is 13.1. The topological polar surface area (TPSA) is 38.3 Å². The average Bonchev–Trinajstić information content (AvgIpc) is 2.93. The van der Waals surface area contributed by atoms with Crippen LogP contribution in [0.4, 0.5) is 4.39 Å². The van der Waals surface area contributed by atoms with E-state index in [9.17, 15) is 9.18 Å². The molecular weight excluding hydrogens is 461 g/mol. The number of fused-ring (bicyclic) bond motifs is 2. The van der Waals surface area contributed by atoms with Crippen molar-refractivity contribution in [1.82, 2.24) is 5.32 Å². The predicted molar refractivity (Wildman–Crippen MR) is 148 cm³/mol. The van der Waals surface area contributed by atoms with E-state index in [1.807, 2.05) is 49.4 Å². The molecule has 3 atom stereocenters. The van der Waals surface area contributed by atoms with Crippen LogP contribution in [0.3, 0.4) is 0 Å². The lowest BCUT2D eigenvalue weighted by molar-refractivity contribution is 0.0599. The van der Waals surface area contributed by atoms with Crippen LogP contribution >= 0.6 is 0 Å². The van der Waals surface area contributed by atoms with Crippen molar-refractivity contribution in [3.05, 3.63) is 118 Å². The zero-order valence-electron chi connectivity index (χ0n) is 21.8. The first kappa shape index (κ1) is 25.2. The molecule has 0 fully saturated rings. The SMILES string of the molecule is COC(=O)c1cc(C2CC(CCN[C@H](C)c3ccc(F)c4ccccc34)Cc3ccccc32)ccc1C. The third kappa shape index (κ3) is 5.17. The second-order valence-electron chi connectivity index (χ2n) is 10.3. The summed E-state index contributed by atoms with van der Waals surface area (Å²) in [6.45, 7) is 4.98. The van der Waals surface area contributed by atoms with E-state index in [0.29, 0.717) is 16.9 Å². The van der Waals surface area contributed by atoms with Crippen LogP contribution in [0.25, 0.3) is 10.8 Å². The molecule has 1 N–H and O–H groups in total. The van der Waals surface area contributed by atoms with Gasteiger partial charge in [-0.05, 0) is 90.9 Å². The summed E-state index contributed by atoms with van der Waals surface area (Å²) in [5, 5.41) is 5.33. The van der Waals surface area contributed by atoms with Gasteiger partial charge >= 0.3 is 5.97 Å². The van der Waals surface area contributed by atoms with Gasteiger partial charge in [-0.2, -0.15) is 0 Å². The summed E-state index contributed by atoms with van der Waals surface area (Å²) >= 11 is 0. The third-order valence-electron chi connectivity index (χ3n) is 7.95. The van der Waals surface area contributed by atoms with Crippen LogP contribution in [-0.2, 0) is 11.2 Å². The lowest BCUT2D eigenvalue weighted by atomic mass is 9.72. The molecule has 190 valence electrons. The molecule has 0 amide bonds. The molecule has 0 aromatic heterocycles. The number of carbonyl (C=O) groups excluding carboxylic acids is 1. The zero-order chi connectivity index (χ0) is 25.9. The van der Waals surface area contributed by atoms with Gasteiger partial charge < -0.3 is 10.1 Å². The normalized spacial score (nSPS) is 17.8. The Balaban J connectivity index is 1.32. The lowest BCUT2D eigenvalue weighted by Gasteiger charge is -2.33. The summed E-state index contributed by atoms with van der Waals surface area (Å²) in [6, 6.07) is 26.2. The standard InChI is InChI=1S/C33H34FNO2/c1-21-12-13-25(20-30(21)33(36)37-3)31-19-23(18-24-8-4-5-9-27(24)31)16-17-35-22(2)26-14-15-32(34)29-11-7-6-10-28(26)29/h4-15,20,22-23,31,35H,16-19H2,1-3H3/t22-,23?,31?/m1/s1. The highest BCUT2D eigenvalue weighted by molar-refractivity contribution is 5.91. The van der Waals surface area contributed by atoms with E-state index < -0.39 is 0 Å². The number of methoxy groups -OCH3 is 1.